The zero-order chi connectivity index (χ0) is 22.0. The number of likely N-dealkylation sites (tertiary alicyclic amines) is 1. The fraction of sp³-hybridized carbons (Fsp3) is 0.619. The molecule has 1 saturated heterocycles. The molecule has 1 aromatic carbocycles. The average molecular weight is 430 g/mol. The van der Waals surface area contributed by atoms with E-state index in [0.717, 1.165) is 12.5 Å². The van der Waals surface area contributed by atoms with E-state index in [0.29, 0.717) is 19.5 Å². The van der Waals surface area contributed by atoms with Crippen molar-refractivity contribution in [3.63, 3.8) is 0 Å². The molecule has 0 saturated carbocycles. The first-order chi connectivity index (χ1) is 13.2. The zero-order valence-corrected chi connectivity index (χ0v) is 18.6. The van der Waals surface area contributed by atoms with Crippen LogP contribution in [0, 0.1) is 5.82 Å². The van der Waals surface area contributed by atoms with E-state index in [2.05, 4.69) is 0 Å². The molecule has 0 aromatic heterocycles. The molecule has 6 nitrogen and oxygen atoms in total. The van der Waals surface area contributed by atoms with E-state index in [1.165, 1.54) is 6.07 Å². The molecule has 29 heavy (non-hydrogen) atoms. The highest BCUT2D eigenvalue weighted by atomic mass is 35.5. The van der Waals surface area contributed by atoms with Gasteiger partial charge in [0.05, 0.1) is 17.1 Å². The van der Waals surface area contributed by atoms with Gasteiger partial charge in [0.1, 0.15) is 28.9 Å². The maximum absolute atomic E-state index is 14.5. The first kappa shape index (κ1) is 23.3. The number of esters is 1. The summed E-state index contributed by atoms with van der Waals surface area (Å²) in [6, 6.07) is 2.28. The number of hydrogen-bond donors (Lipinski definition) is 0. The summed E-state index contributed by atoms with van der Waals surface area (Å²) in [6.45, 7) is 11.4. The molecular formula is C21H29ClFNO5. The lowest BCUT2D eigenvalue weighted by atomic mass is 10.1. The van der Waals surface area contributed by atoms with Gasteiger partial charge in [-0.2, -0.15) is 0 Å². The van der Waals surface area contributed by atoms with E-state index < -0.39 is 29.1 Å². The number of hydrogen-bond acceptors (Lipinski definition) is 5. The standard InChI is InChI=1S/C21H29ClFNO5/c1-20(2,3)28-18(25)14-10-15(22)17(11-16(14)23)27-13-8-7-9-24(12-13)19(26)29-21(4,5)6/h10-11,13H,7-9,12H2,1-6H3/t13-/m0/s1. The van der Waals surface area contributed by atoms with Crippen molar-refractivity contribution in [3.05, 3.63) is 28.5 Å². The fourth-order valence-electron chi connectivity index (χ4n) is 2.81. The van der Waals surface area contributed by atoms with Crippen molar-refractivity contribution in [1.29, 1.82) is 0 Å². The first-order valence-electron chi connectivity index (χ1n) is 9.62. The van der Waals surface area contributed by atoms with Gasteiger partial charge in [-0.3, -0.25) is 0 Å². The number of nitrogens with zero attached hydrogens (tertiary/aromatic N) is 1. The molecule has 8 heteroatoms. The maximum Gasteiger partial charge on any atom is 0.410 e. The van der Waals surface area contributed by atoms with Gasteiger partial charge in [-0.15, -0.1) is 0 Å². The summed E-state index contributed by atoms with van der Waals surface area (Å²) in [4.78, 5) is 26.0. The van der Waals surface area contributed by atoms with Gasteiger partial charge in [-0.05, 0) is 60.5 Å². The van der Waals surface area contributed by atoms with Crippen LogP contribution in [0.5, 0.6) is 5.75 Å². The summed E-state index contributed by atoms with van der Waals surface area (Å²) in [7, 11) is 0. The van der Waals surface area contributed by atoms with Crippen molar-refractivity contribution in [3.8, 4) is 5.75 Å². The van der Waals surface area contributed by atoms with Gasteiger partial charge in [0.25, 0.3) is 0 Å². The van der Waals surface area contributed by atoms with Crippen LogP contribution in [0.4, 0.5) is 9.18 Å². The topological polar surface area (TPSA) is 65.1 Å². The molecule has 2 rings (SSSR count). The molecule has 0 N–H and O–H groups in total. The van der Waals surface area contributed by atoms with Gasteiger partial charge < -0.3 is 19.1 Å². The smallest absolute Gasteiger partial charge is 0.410 e. The molecule has 0 unspecified atom stereocenters. The Balaban J connectivity index is 2.09. The number of benzene rings is 1. The summed E-state index contributed by atoms with van der Waals surface area (Å²) in [5.41, 5.74) is -1.59. The normalized spacial score (nSPS) is 17.7. The summed E-state index contributed by atoms with van der Waals surface area (Å²) >= 11 is 6.22. The lowest BCUT2D eigenvalue weighted by Gasteiger charge is -2.34. The minimum Gasteiger partial charge on any atom is -0.487 e. The summed E-state index contributed by atoms with van der Waals surface area (Å²) < 4.78 is 30.9. The predicted molar refractivity (Wildman–Crippen MR) is 108 cm³/mol. The molecule has 1 amide bonds. The quantitative estimate of drug-likeness (QED) is 0.617. The van der Waals surface area contributed by atoms with E-state index in [-0.39, 0.29) is 22.4 Å². The summed E-state index contributed by atoms with van der Waals surface area (Å²) in [6.07, 6.45) is 0.634. The van der Waals surface area contributed by atoms with E-state index >= 15 is 0 Å². The van der Waals surface area contributed by atoms with E-state index in [1.54, 1.807) is 46.4 Å². The minimum atomic E-state index is -0.794. The number of piperidine rings is 1. The minimum absolute atomic E-state index is 0.0988. The molecule has 1 aromatic rings. The second-order valence-electron chi connectivity index (χ2n) is 9.07. The first-order valence-corrected chi connectivity index (χ1v) is 10.00. The number of ether oxygens (including phenoxy) is 3. The summed E-state index contributed by atoms with van der Waals surface area (Å²) in [5.74, 6) is -1.46. The zero-order valence-electron chi connectivity index (χ0n) is 17.8. The van der Waals surface area contributed by atoms with Crippen LogP contribution in [-0.4, -0.2) is 47.4 Å². The van der Waals surface area contributed by atoms with Crippen molar-refractivity contribution < 1.29 is 28.2 Å². The number of carbonyl (C=O) groups is 2. The molecule has 1 aliphatic rings. The van der Waals surface area contributed by atoms with Gasteiger partial charge in [-0.25, -0.2) is 14.0 Å². The Bertz CT molecular complexity index is 770. The third kappa shape index (κ3) is 7.07. The van der Waals surface area contributed by atoms with Crippen molar-refractivity contribution in [2.75, 3.05) is 13.1 Å². The van der Waals surface area contributed by atoms with Gasteiger partial charge >= 0.3 is 12.1 Å². The lowest BCUT2D eigenvalue weighted by Crippen LogP contribution is -2.46. The van der Waals surface area contributed by atoms with Gasteiger partial charge in [-0.1, -0.05) is 11.6 Å². The molecule has 1 fully saturated rings. The van der Waals surface area contributed by atoms with Crippen LogP contribution in [-0.2, 0) is 9.47 Å². The van der Waals surface area contributed by atoms with Crippen molar-refractivity contribution in [2.24, 2.45) is 0 Å². The number of rotatable bonds is 3. The van der Waals surface area contributed by atoms with E-state index in [9.17, 15) is 14.0 Å². The van der Waals surface area contributed by atoms with Crippen LogP contribution < -0.4 is 4.74 Å². The van der Waals surface area contributed by atoms with Crippen LogP contribution in [0.2, 0.25) is 5.02 Å². The Morgan fingerprint density at radius 3 is 2.31 bits per heavy atom. The predicted octanol–water partition coefficient (Wildman–Crippen LogP) is 5.21. The molecule has 0 bridgehead atoms. The second-order valence-corrected chi connectivity index (χ2v) is 9.48. The lowest BCUT2D eigenvalue weighted by molar-refractivity contribution is 0.00549. The van der Waals surface area contributed by atoms with Crippen LogP contribution in [0.1, 0.15) is 64.7 Å². The third-order valence-electron chi connectivity index (χ3n) is 3.96. The molecule has 1 aliphatic heterocycles. The van der Waals surface area contributed by atoms with Crippen LogP contribution in [0.3, 0.4) is 0 Å². The molecule has 0 spiro atoms. The van der Waals surface area contributed by atoms with E-state index in [1.807, 2.05) is 0 Å². The largest absolute Gasteiger partial charge is 0.487 e. The van der Waals surface area contributed by atoms with Crippen molar-refractivity contribution in [2.45, 2.75) is 71.7 Å². The second kappa shape index (κ2) is 8.78. The van der Waals surface area contributed by atoms with Crippen molar-refractivity contribution >= 4 is 23.7 Å². The molecule has 1 atom stereocenters. The maximum atomic E-state index is 14.5. The highest BCUT2D eigenvalue weighted by Gasteiger charge is 2.29. The molecular weight excluding hydrogens is 401 g/mol. The summed E-state index contributed by atoms with van der Waals surface area (Å²) in [5, 5.41) is 0.0988. The molecule has 1 heterocycles. The SMILES string of the molecule is CC(C)(C)OC(=O)c1cc(Cl)c(O[C@H]2CCCN(C(=O)OC(C)(C)C)C2)cc1F. The highest BCUT2D eigenvalue weighted by molar-refractivity contribution is 6.32. The van der Waals surface area contributed by atoms with Gasteiger partial charge in [0, 0.05) is 12.6 Å². The fourth-order valence-corrected chi connectivity index (χ4v) is 3.02. The van der Waals surface area contributed by atoms with Crippen LogP contribution >= 0.6 is 11.6 Å². The van der Waals surface area contributed by atoms with Crippen LogP contribution in [0.25, 0.3) is 0 Å². The average Bonchev–Trinajstić information content (AvgIpc) is 2.55. The Morgan fingerprint density at radius 1 is 1.10 bits per heavy atom. The Morgan fingerprint density at radius 2 is 1.72 bits per heavy atom. The van der Waals surface area contributed by atoms with Gasteiger partial charge in [0.2, 0.25) is 0 Å². The third-order valence-corrected chi connectivity index (χ3v) is 4.26. The Labute approximate surface area is 176 Å². The van der Waals surface area contributed by atoms with Crippen LogP contribution in [0.15, 0.2) is 12.1 Å². The highest BCUT2D eigenvalue weighted by Crippen LogP contribution is 2.31. The number of amides is 1. The number of halogens is 2. The molecule has 162 valence electrons. The monoisotopic (exact) mass is 429 g/mol. The van der Waals surface area contributed by atoms with E-state index in [4.69, 9.17) is 25.8 Å². The molecule has 0 aliphatic carbocycles. The number of carbonyl (C=O) groups excluding carboxylic acids is 2. The van der Waals surface area contributed by atoms with Gasteiger partial charge in [0.15, 0.2) is 0 Å². The van der Waals surface area contributed by atoms with Crippen molar-refractivity contribution in [1.82, 2.24) is 4.90 Å². The Hall–Kier alpha value is -2.02. The molecule has 0 radical (unpaired) electrons. The Kier molecular flexibility index (Phi) is 7.04.